The lowest BCUT2D eigenvalue weighted by Gasteiger charge is -2.23. The molecule has 1 atom stereocenters. The van der Waals surface area contributed by atoms with Gasteiger partial charge in [-0.1, -0.05) is 18.2 Å². The van der Waals surface area contributed by atoms with Gasteiger partial charge in [0.15, 0.2) is 0 Å². The molecular formula is C22H32N2O5. The first-order chi connectivity index (χ1) is 13.4. The third-order valence-electron chi connectivity index (χ3n) is 3.94. The molecule has 1 aromatic heterocycles. The molecule has 1 aromatic carbocycles. The van der Waals surface area contributed by atoms with Gasteiger partial charge in [-0.2, -0.15) is 0 Å². The van der Waals surface area contributed by atoms with E-state index in [9.17, 15) is 9.59 Å². The number of alkyl carbamates (subject to hydrolysis) is 1. The molecule has 2 aromatic rings. The van der Waals surface area contributed by atoms with Crippen molar-refractivity contribution in [3.63, 3.8) is 0 Å². The Bertz CT molecular complexity index is 858. The van der Waals surface area contributed by atoms with Crippen LogP contribution in [0.4, 0.5) is 9.59 Å². The molecule has 1 heterocycles. The third kappa shape index (κ3) is 6.78. The first-order valence-electron chi connectivity index (χ1n) is 9.70. The summed E-state index contributed by atoms with van der Waals surface area (Å²) in [7, 11) is 1.58. The van der Waals surface area contributed by atoms with Gasteiger partial charge in [0.25, 0.3) is 0 Å². The molecule has 0 aliphatic heterocycles. The second-order valence-electron chi connectivity index (χ2n) is 9.02. The van der Waals surface area contributed by atoms with E-state index in [0.717, 1.165) is 16.5 Å². The molecule has 1 N–H and O–H groups in total. The van der Waals surface area contributed by atoms with E-state index in [1.807, 2.05) is 65.8 Å². The minimum Gasteiger partial charge on any atom is -0.444 e. The van der Waals surface area contributed by atoms with E-state index in [1.165, 1.54) is 4.57 Å². The Morgan fingerprint density at radius 1 is 1.03 bits per heavy atom. The zero-order chi connectivity index (χ0) is 21.8. The molecule has 0 bridgehead atoms. The number of hydrogen-bond donors (Lipinski definition) is 1. The van der Waals surface area contributed by atoms with E-state index in [0.29, 0.717) is 13.0 Å². The van der Waals surface area contributed by atoms with Crippen LogP contribution in [-0.4, -0.2) is 47.7 Å². The highest BCUT2D eigenvalue weighted by Crippen LogP contribution is 2.24. The Hall–Kier alpha value is -2.54. The number of carbonyl (C=O) groups excluding carboxylic acids is 2. The number of ether oxygens (including phenoxy) is 3. The zero-order valence-electron chi connectivity index (χ0n) is 18.4. The van der Waals surface area contributed by atoms with E-state index < -0.39 is 23.4 Å². The topological polar surface area (TPSA) is 78.8 Å². The number of fused-ring (bicyclic) bond motifs is 1. The predicted octanol–water partition coefficient (Wildman–Crippen LogP) is 4.51. The minimum absolute atomic E-state index is 0.311. The van der Waals surface area contributed by atoms with Crippen LogP contribution in [0.5, 0.6) is 0 Å². The van der Waals surface area contributed by atoms with Gasteiger partial charge < -0.3 is 19.5 Å². The number of nitrogens with zero attached hydrogens (tertiary/aromatic N) is 1. The molecule has 2 rings (SSSR count). The monoisotopic (exact) mass is 404 g/mol. The number of nitrogens with one attached hydrogen (secondary N) is 1. The number of benzene rings is 1. The summed E-state index contributed by atoms with van der Waals surface area (Å²) in [6.45, 7) is 11.2. The van der Waals surface area contributed by atoms with Crippen LogP contribution < -0.4 is 5.32 Å². The molecule has 0 spiro atoms. The van der Waals surface area contributed by atoms with Crippen LogP contribution in [-0.2, 0) is 20.6 Å². The van der Waals surface area contributed by atoms with Crippen LogP contribution in [0, 0.1) is 0 Å². The molecule has 0 radical (unpaired) electrons. The fraction of sp³-hybridized carbons (Fsp3) is 0.545. The average molecular weight is 405 g/mol. The van der Waals surface area contributed by atoms with Crippen LogP contribution in [0.2, 0.25) is 0 Å². The summed E-state index contributed by atoms with van der Waals surface area (Å²) < 4.78 is 17.7. The molecular weight excluding hydrogens is 372 g/mol. The zero-order valence-corrected chi connectivity index (χ0v) is 18.4. The molecule has 0 aliphatic carbocycles. The van der Waals surface area contributed by atoms with E-state index in [-0.39, 0.29) is 6.04 Å². The number of para-hydroxylation sites is 1. The van der Waals surface area contributed by atoms with Crippen molar-refractivity contribution in [2.24, 2.45) is 0 Å². The standard InChI is InChI=1S/C22H32N2O5/c1-21(2,3)28-19(25)23-16(14-27-7)12-15-13-24(20(26)29-22(4,5)6)18-11-9-8-10-17(15)18/h8-11,13,16H,12,14H2,1-7H3,(H,23,25). The summed E-state index contributed by atoms with van der Waals surface area (Å²) in [4.78, 5) is 24.9. The van der Waals surface area contributed by atoms with Crippen molar-refractivity contribution in [1.29, 1.82) is 0 Å². The summed E-state index contributed by atoms with van der Waals surface area (Å²) in [5.74, 6) is 0. The second kappa shape index (κ2) is 8.86. The molecule has 29 heavy (non-hydrogen) atoms. The lowest BCUT2D eigenvalue weighted by atomic mass is 10.1. The van der Waals surface area contributed by atoms with Crippen molar-refractivity contribution >= 4 is 23.1 Å². The molecule has 7 nitrogen and oxygen atoms in total. The van der Waals surface area contributed by atoms with Crippen LogP contribution in [0.15, 0.2) is 30.5 Å². The summed E-state index contributed by atoms with van der Waals surface area (Å²) >= 11 is 0. The Labute approximate surface area is 172 Å². The fourth-order valence-corrected chi connectivity index (χ4v) is 2.97. The average Bonchev–Trinajstić information content (AvgIpc) is 2.91. The van der Waals surface area contributed by atoms with Gasteiger partial charge in [0.1, 0.15) is 11.2 Å². The van der Waals surface area contributed by atoms with E-state index >= 15 is 0 Å². The lowest BCUT2D eigenvalue weighted by Crippen LogP contribution is -2.42. The van der Waals surface area contributed by atoms with Gasteiger partial charge in [0.05, 0.1) is 18.2 Å². The normalized spacial score (nSPS) is 13.2. The molecule has 0 aliphatic rings. The molecule has 1 unspecified atom stereocenters. The first-order valence-corrected chi connectivity index (χ1v) is 9.70. The lowest BCUT2D eigenvalue weighted by molar-refractivity contribution is 0.0466. The predicted molar refractivity (Wildman–Crippen MR) is 112 cm³/mol. The van der Waals surface area contributed by atoms with Crippen LogP contribution in [0.25, 0.3) is 10.9 Å². The SMILES string of the molecule is COCC(Cc1cn(C(=O)OC(C)(C)C)c2ccccc12)NC(=O)OC(C)(C)C. The van der Waals surface area contributed by atoms with E-state index in [2.05, 4.69) is 5.32 Å². The van der Waals surface area contributed by atoms with Crippen molar-refractivity contribution < 1.29 is 23.8 Å². The smallest absolute Gasteiger partial charge is 0.419 e. The van der Waals surface area contributed by atoms with Gasteiger partial charge in [-0.3, -0.25) is 4.57 Å². The number of methoxy groups -OCH3 is 1. The number of hydrogen-bond acceptors (Lipinski definition) is 5. The van der Waals surface area contributed by atoms with Crippen molar-refractivity contribution in [2.45, 2.75) is 65.2 Å². The molecule has 0 saturated carbocycles. The van der Waals surface area contributed by atoms with Crippen molar-refractivity contribution in [3.8, 4) is 0 Å². The number of amides is 1. The van der Waals surface area contributed by atoms with Gasteiger partial charge in [-0.05, 0) is 59.6 Å². The fourth-order valence-electron chi connectivity index (χ4n) is 2.97. The Morgan fingerprint density at radius 2 is 1.66 bits per heavy atom. The van der Waals surface area contributed by atoms with Gasteiger partial charge in [0.2, 0.25) is 0 Å². The summed E-state index contributed by atoms with van der Waals surface area (Å²) in [5, 5.41) is 3.77. The van der Waals surface area contributed by atoms with Gasteiger partial charge in [-0.15, -0.1) is 0 Å². The Kier molecular flexibility index (Phi) is 6.95. The second-order valence-corrected chi connectivity index (χ2v) is 9.02. The molecule has 0 fully saturated rings. The molecule has 1 amide bonds. The highest BCUT2D eigenvalue weighted by Gasteiger charge is 2.24. The van der Waals surface area contributed by atoms with Gasteiger partial charge in [-0.25, -0.2) is 9.59 Å². The summed E-state index contributed by atoms with van der Waals surface area (Å²) in [6.07, 6.45) is 1.29. The van der Waals surface area contributed by atoms with Crippen LogP contribution >= 0.6 is 0 Å². The maximum absolute atomic E-state index is 12.7. The molecule has 160 valence electrons. The van der Waals surface area contributed by atoms with Crippen LogP contribution in [0.3, 0.4) is 0 Å². The minimum atomic E-state index is -0.598. The largest absolute Gasteiger partial charge is 0.444 e. The maximum Gasteiger partial charge on any atom is 0.419 e. The number of aromatic nitrogens is 1. The maximum atomic E-state index is 12.7. The number of carbonyl (C=O) groups is 2. The van der Waals surface area contributed by atoms with Crippen molar-refractivity contribution in [3.05, 3.63) is 36.0 Å². The number of rotatable bonds is 5. The third-order valence-corrected chi connectivity index (χ3v) is 3.94. The highest BCUT2D eigenvalue weighted by atomic mass is 16.6. The Balaban J connectivity index is 2.29. The molecule has 0 saturated heterocycles. The first kappa shape index (κ1) is 22.7. The van der Waals surface area contributed by atoms with E-state index in [1.54, 1.807) is 13.3 Å². The van der Waals surface area contributed by atoms with Crippen molar-refractivity contribution in [2.75, 3.05) is 13.7 Å². The quantitative estimate of drug-likeness (QED) is 0.793. The van der Waals surface area contributed by atoms with Crippen molar-refractivity contribution in [1.82, 2.24) is 9.88 Å². The van der Waals surface area contributed by atoms with E-state index in [4.69, 9.17) is 14.2 Å². The molecule has 7 heteroatoms. The van der Waals surface area contributed by atoms with Crippen LogP contribution in [0.1, 0.15) is 47.1 Å². The Morgan fingerprint density at radius 3 is 2.24 bits per heavy atom. The summed E-state index contributed by atoms with van der Waals surface area (Å²) in [6, 6.07) is 7.29. The highest BCUT2D eigenvalue weighted by molar-refractivity contribution is 5.92. The summed E-state index contributed by atoms with van der Waals surface area (Å²) in [5.41, 5.74) is 0.475. The van der Waals surface area contributed by atoms with Gasteiger partial charge in [0, 0.05) is 18.7 Å². The van der Waals surface area contributed by atoms with Gasteiger partial charge >= 0.3 is 12.2 Å².